The zero-order chi connectivity index (χ0) is 10.0. The first kappa shape index (κ1) is 9.66. The normalized spacial score (nSPS) is 12.8. The van der Waals surface area contributed by atoms with Gasteiger partial charge in [0.05, 0.1) is 0 Å². The van der Waals surface area contributed by atoms with E-state index in [0.717, 1.165) is 5.82 Å². The first-order valence-corrected chi connectivity index (χ1v) is 3.85. The Balaban J connectivity index is 2.74. The van der Waals surface area contributed by atoms with Gasteiger partial charge >= 0.3 is 5.97 Å². The number of carboxylic acid groups (broad SMARTS) is 1. The fourth-order valence-corrected chi connectivity index (χ4v) is 0.913. The summed E-state index contributed by atoms with van der Waals surface area (Å²) in [5.41, 5.74) is 5.35. The zero-order valence-corrected chi connectivity index (χ0v) is 7.56. The van der Waals surface area contributed by atoms with Crippen LogP contribution in [0.2, 0.25) is 0 Å². The van der Waals surface area contributed by atoms with E-state index in [1.807, 2.05) is 0 Å². The van der Waals surface area contributed by atoms with Crippen molar-refractivity contribution in [2.45, 2.75) is 19.4 Å². The molecule has 6 nitrogen and oxygen atoms in total. The Kier molecular flexibility index (Phi) is 2.62. The van der Waals surface area contributed by atoms with Gasteiger partial charge in [0.15, 0.2) is 0 Å². The van der Waals surface area contributed by atoms with Crippen LogP contribution in [0, 0.1) is 6.92 Å². The molecule has 13 heavy (non-hydrogen) atoms. The lowest BCUT2D eigenvalue weighted by atomic mass is 10.2. The number of nitrogens with zero attached hydrogens (tertiary/aromatic N) is 3. The van der Waals surface area contributed by atoms with Crippen molar-refractivity contribution in [1.29, 1.82) is 0 Å². The summed E-state index contributed by atoms with van der Waals surface area (Å²) in [5, 5.41) is 16.2. The summed E-state index contributed by atoms with van der Waals surface area (Å²) in [5.74, 6) is 0.306. The van der Waals surface area contributed by atoms with Crippen LogP contribution in [0.3, 0.4) is 0 Å². The molecule has 0 saturated heterocycles. The molecule has 72 valence electrons. The molecule has 0 aliphatic rings. The minimum absolute atomic E-state index is 0.201. The van der Waals surface area contributed by atoms with Crippen LogP contribution in [0.25, 0.3) is 0 Å². The van der Waals surface area contributed by atoms with Crippen molar-refractivity contribution >= 4 is 5.97 Å². The van der Waals surface area contributed by atoms with Crippen molar-refractivity contribution < 1.29 is 9.90 Å². The molecule has 0 bridgehead atoms. The quantitative estimate of drug-likeness (QED) is 0.633. The molecule has 1 aromatic rings. The second-order valence-corrected chi connectivity index (χ2v) is 2.87. The van der Waals surface area contributed by atoms with Gasteiger partial charge in [-0.05, 0) is 6.92 Å². The van der Waals surface area contributed by atoms with Crippen molar-refractivity contribution in [2.75, 3.05) is 0 Å². The van der Waals surface area contributed by atoms with Gasteiger partial charge in [-0.15, -0.1) is 10.2 Å². The van der Waals surface area contributed by atoms with Crippen LogP contribution in [0.15, 0.2) is 0 Å². The summed E-state index contributed by atoms with van der Waals surface area (Å²) in [7, 11) is 1.78. The standard InChI is InChI=1S/C7H12N4O2/c1-4-9-10-6(11(4)2)3-5(8)7(12)13/h5H,3,8H2,1-2H3,(H,12,13)/t5-/m0/s1. The molecule has 1 atom stereocenters. The molecule has 0 radical (unpaired) electrons. The lowest BCUT2D eigenvalue weighted by Crippen LogP contribution is -2.33. The van der Waals surface area contributed by atoms with Gasteiger partial charge in [0.25, 0.3) is 0 Å². The lowest BCUT2D eigenvalue weighted by molar-refractivity contribution is -0.138. The highest BCUT2D eigenvalue weighted by Crippen LogP contribution is 2.00. The average molecular weight is 184 g/mol. The molecule has 0 aliphatic carbocycles. The van der Waals surface area contributed by atoms with Gasteiger partial charge < -0.3 is 15.4 Å². The minimum Gasteiger partial charge on any atom is -0.480 e. The van der Waals surface area contributed by atoms with E-state index in [1.165, 1.54) is 0 Å². The third kappa shape index (κ3) is 2.03. The molecule has 1 rings (SSSR count). The predicted octanol–water partition coefficient (Wildman–Crippen LogP) is -0.922. The molecular weight excluding hydrogens is 172 g/mol. The maximum absolute atomic E-state index is 10.4. The van der Waals surface area contributed by atoms with E-state index in [0.29, 0.717) is 5.82 Å². The number of hydrogen-bond acceptors (Lipinski definition) is 4. The third-order valence-electron chi connectivity index (χ3n) is 1.90. The Bertz CT molecular complexity index is 320. The first-order chi connectivity index (χ1) is 6.02. The molecule has 0 unspecified atom stereocenters. The Labute approximate surface area is 75.4 Å². The number of hydrogen-bond donors (Lipinski definition) is 2. The number of carboxylic acids is 1. The highest BCUT2D eigenvalue weighted by atomic mass is 16.4. The van der Waals surface area contributed by atoms with Gasteiger partial charge in [0.2, 0.25) is 0 Å². The van der Waals surface area contributed by atoms with Gasteiger partial charge in [-0.1, -0.05) is 0 Å². The van der Waals surface area contributed by atoms with Gasteiger partial charge in [0.1, 0.15) is 17.7 Å². The van der Waals surface area contributed by atoms with Crippen molar-refractivity contribution in [3.8, 4) is 0 Å². The van der Waals surface area contributed by atoms with E-state index in [2.05, 4.69) is 10.2 Å². The second-order valence-electron chi connectivity index (χ2n) is 2.87. The lowest BCUT2D eigenvalue weighted by Gasteiger charge is -2.05. The van der Waals surface area contributed by atoms with E-state index in [4.69, 9.17) is 10.8 Å². The van der Waals surface area contributed by atoms with Crippen LogP contribution in [-0.4, -0.2) is 31.9 Å². The highest BCUT2D eigenvalue weighted by molar-refractivity contribution is 5.73. The molecular formula is C7H12N4O2. The molecule has 0 fully saturated rings. The van der Waals surface area contributed by atoms with Gasteiger partial charge in [-0.2, -0.15) is 0 Å². The topological polar surface area (TPSA) is 94.0 Å². The summed E-state index contributed by atoms with van der Waals surface area (Å²) in [4.78, 5) is 10.4. The van der Waals surface area contributed by atoms with E-state index in [9.17, 15) is 4.79 Å². The van der Waals surface area contributed by atoms with Crippen molar-refractivity contribution in [3.05, 3.63) is 11.6 Å². The Morgan fingerprint density at radius 1 is 1.69 bits per heavy atom. The summed E-state index contributed by atoms with van der Waals surface area (Å²) >= 11 is 0. The summed E-state index contributed by atoms with van der Waals surface area (Å²) < 4.78 is 1.72. The molecule has 0 aromatic carbocycles. The molecule has 6 heteroatoms. The van der Waals surface area contributed by atoms with Crippen LogP contribution in [0.5, 0.6) is 0 Å². The van der Waals surface area contributed by atoms with Crippen LogP contribution in [0.1, 0.15) is 11.6 Å². The number of rotatable bonds is 3. The van der Waals surface area contributed by atoms with E-state index in [1.54, 1.807) is 18.5 Å². The zero-order valence-electron chi connectivity index (χ0n) is 7.56. The minimum atomic E-state index is -1.03. The molecule has 1 heterocycles. The van der Waals surface area contributed by atoms with Crippen molar-refractivity contribution in [1.82, 2.24) is 14.8 Å². The van der Waals surface area contributed by atoms with Gasteiger partial charge in [0, 0.05) is 13.5 Å². The monoisotopic (exact) mass is 184 g/mol. The Hall–Kier alpha value is -1.43. The number of nitrogens with two attached hydrogens (primary N) is 1. The molecule has 3 N–H and O–H groups in total. The smallest absolute Gasteiger partial charge is 0.320 e. The maximum atomic E-state index is 10.4. The van der Waals surface area contributed by atoms with Gasteiger partial charge in [-0.25, -0.2) is 0 Å². The Morgan fingerprint density at radius 2 is 2.31 bits per heavy atom. The fourth-order valence-electron chi connectivity index (χ4n) is 0.913. The number of carbonyl (C=O) groups is 1. The van der Waals surface area contributed by atoms with Crippen LogP contribution >= 0.6 is 0 Å². The molecule has 1 aromatic heterocycles. The SMILES string of the molecule is Cc1nnc(C[C@H](N)C(=O)O)n1C. The maximum Gasteiger partial charge on any atom is 0.320 e. The summed E-state index contributed by atoms with van der Waals surface area (Å²) in [6, 6.07) is -0.915. The van der Waals surface area contributed by atoms with E-state index < -0.39 is 12.0 Å². The highest BCUT2D eigenvalue weighted by Gasteiger charge is 2.15. The predicted molar refractivity (Wildman–Crippen MR) is 45.1 cm³/mol. The van der Waals surface area contributed by atoms with Gasteiger partial charge in [-0.3, -0.25) is 4.79 Å². The average Bonchev–Trinajstić information content (AvgIpc) is 2.36. The van der Waals surface area contributed by atoms with E-state index >= 15 is 0 Å². The van der Waals surface area contributed by atoms with Crippen molar-refractivity contribution in [2.24, 2.45) is 12.8 Å². The molecule has 0 spiro atoms. The summed E-state index contributed by atoms with van der Waals surface area (Å²) in [6.07, 6.45) is 0.201. The van der Waals surface area contributed by atoms with Crippen LogP contribution in [0.4, 0.5) is 0 Å². The second kappa shape index (κ2) is 3.53. The largest absolute Gasteiger partial charge is 0.480 e. The third-order valence-corrected chi connectivity index (χ3v) is 1.90. The van der Waals surface area contributed by atoms with Crippen LogP contribution in [-0.2, 0) is 18.3 Å². The first-order valence-electron chi connectivity index (χ1n) is 3.85. The number of aryl methyl sites for hydroxylation is 1. The number of aliphatic carboxylic acids is 1. The summed E-state index contributed by atoms with van der Waals surface area (Å²) in [6.45, 7) is 1.79. The molecule has 0 saturated carbocycles. The molecule has 0 aliphatic heterocycles. The van der Waals surface area contributed by atoms with Crippen LogP contribution < -0.4 is 5.73 Å². The molecule has 0 amide bonds. The number of aromatic nitrogens is 3. The van der Waals surface area contributed by atoms with Crippen molar-refractivity contribution in [3.63, 3.8) is 0 Å². The van der Waals surface area contributed by atoms with E-state index in [-0.39, 0.29) is 6.42 Å². The Morgan fingerprint density at radius 3 is 2.69 bits per heavy atom. The fraction of sp³-hybridized carbons (Fsp3) is 0.571.